The lowest BCUT2D eigenvalue weighted by Crippen LogP contribution is -2.51. The van der Waals surface area contributed by atoms with Gasteiger partial charge in [0.05, 0.1) is 0 Å². The highest BCUT2D eigenvalue weighted by atomic mass is 16.2. The molecule has 6 nitrogen and oxygen atoms in total. The fraction of sp³-hybridized carbons (Fsp3) is 0.824. The molecule has 1 aliphatic heterocycles. The molecule has 3 amide bonds. The molecule has 1 saturated heterocycles. The summed E-state index contributed by atoms with van der Waals surface area (Å²) in [5.41, 5.74) is 0. The molecule has 23 heavy (non-hydrogen) atoms. The molecular formula is C17H29N3O3. The minimum absolute atomic E-state index is 0.0501. The summed E-state index contributed by atoms with van der Waals surface area (Å²) in [6, 6.07) is 0. The molecular weight excluding hydrogens is 294 g/mol. The number of piperazine rings is 1. The fourth-order valence-corrected chi connectivity index (χ4v) is 3.50. The molecule has 0 radical (unpaired) electrons. The maximum atomic E-state index is 12.6. The van der Waals surface area contributed by atoms with E-state index >= 15 is 0 Å². The molecule has 2 fully saturated rings. The second-order valence-corrected chi connectivity index (χ2v) is 6.67. The molecule has 0 bridgehead atoms. The molecule has 0 unspecified atom stereocenters. The lowest BCUT2D eigenvalue weighted by molar-refractivity contribution is -0.143. The number of nitrogens with one attached hydrogen (secondary N) is 1. The van der Waals surface area contributed by atoms with Crippen LogP contribution in [0.5, 0.6) is 0 Å². The summed E-state index contributed by atoms with van der Waals surface area (Å²) in [7, 11) is 0. The molecule has 6 heteroatoms. The first-order chi connectivity index (χ1) is 11.0. The lowest BCUT2D eigenvalue weighted by Gasteiger charge is -2.37. The van der Waals surface area contributed by atoms with Crippen LogP contribution in [0.1, 0.15) is 46.0 Å². The largest absolute Gasteiger partial charge is 0.356 e. The molecule has 2 aliphatic rings. The molecule has 1 heterocycles. The predicted molar refractivity (Wildman–Crippen MR) is 87.6 cm³/mol. The van der Waals surface area contributed by atoms with Gasteiger partial charge in [-0.05, 0) is 32.1 Å². The Balaban J connectivity index is 1.76. The Morgan fingerprint density at radius 2 is 1.43 bits per heavy atom. The van der Waals surface area contributed by atoms with Gasteiger partial charge in [0.15, 0.2) is 0 Å². The highest BCUT2D eigenvalue weighted by Gasteiger charge is 2.33. The standard InChI is InChI=1S/C17H29N3O3/c1-3-8-18-16(22)14-4-6-15(7-5-14)17(23)20-11-9-19(10-12-20)13(2)21/h14-15H,3-12H2,1-2H3,(H,18,22). The van der Waals surface area contributed by atoms with E-state index in [-0.39, 0.29) is 29.6 Å². The summed E-state index contributed by atoms with van der Waals surface area (Å²) in [6.45, 7) is 6.89. The van der Waals surface area contributed by atoms with Gasteiger partial charge in [-0.15, -0.1) is 0 Å². The molecule has 1 N–H and O–H groups in total. The minimum Gasteiger partial charge on any atom is -0.356 e. The van der Waals surface area contributed by atoms with Gasteiger partial charge in [0, 0.05) is 51.5 Å². The second kappa shape index (κ2) is 8.31. The molecule has 1 aliphatic carbocycles. The van der Waals surface area contributed by atoms with E-state index in [1.165, 1.54) is 0 Å². The van der Waals surface area contributed by atoms with Crippen LogP contribution >= 0.6 is 0 Å². The van der Waals surface area contributed by atoms with Crippen LogP contribution in [0, 0.1) is 11.8 Å². The third kappa shape index (κ3) is 4.69. The number of rotatable bonds is 4. The Hall–Kier alpha value is -1.59. The predicted octanol–water partition coefficient (Wildman–Crippen LogP) is 1.01. The van der Waals surface area contributed by atoms with Crippen molar-refractivity contribution in [3.8, 4) is 0 Å². The summed E-state index contributed by atoms with van der Waals surface area (Å²) >= 11 is 0. The summed E-state index contributed by atoms with van der Waals surface area (Å²) in [6.07, 6.45) is 4.16. The third-order valence-electron chi connectivity index (χ3n) is 5.03. The van der Waals surface area contributed by atoms with Crippen molar-refractivity contribution in [3.05, 3.63) is 0 Å². The first-order valence-electron chi connectivity index (χ1n) is 8.85. The zero-order chi connectivity index (χ0) is 16.8. The summed E-state index contributed by atoms with van der Waals surface area (Å²) in [4.78, 5) is 39.6. The number of hydrogen-bond donors (Lipinski definition) is 1. The molecule has 2 rings (SSSR count). The van der Waals surface area contributed by atoms with Gasteiger partial charge in [0.1, 0.15) is 0 Å². The highest BCUT2D eigenvalue weighted by Crippen LogP contribution is 2.30. The number of carbonyl (C=O) groups is 3. The number of carbonyl (C=O) groups excluding carboxylic acids is 3. The number of hydrogen-bond acceptors (Lipinski definition) is 3. The third-order valence-corrected chi connectivity index (χ3v) is 5.03. The van der Waals surface area contributed by atoms with Crippen molar-refractivity contribution in [1.82, 2.24) is 15.1 Å². The van der Waals surface area contributed by atoms with Crippen molar-refractivity contribution in [2.45, 2.75) is 46.0 Å². The van der Waals surface area contributed by atoms with E-state index in [9.17, 15) is 14.4 Å². The Morgan fingerprint density at radius 3 is 1.96 bits per heavy atom. The summed E-state index contributed by atoms with van der Waals surface area (Å²) in [5, 5.41) is 2.95. The van der Waals surface area contributed by atoms with Crippen LogP contribution in [-0.4, -0.2) is 60.2 Å². The number of nitrogens with zero attached hydrogens (tertiary/aromatic N) is 2. The zero-order valence-electron chi connectivity index (χ0n) is 14.3. The summed E-state index contributed by atoms with van der Waals surface area (Å²) < 4.78 is 0. The van der Waals surface area contributed by atoms with E-state index in [4.69, 9.17) is 0 Å². The van der Waals surface area contributed by atoms with Crippen molar-refractivity contribution >= 4 is 17.7 Å². The van der Waals surface area contributed by atoms with Crippen molar-refractivity contribution in [1.29, 1.82) is 0 Å². The van der Waals surface area contributed by atoms with Gasteiger partial charge in [-0.25, -0.2) is 0 Å². The van der Waals surface area contributed by atoms with E-state index in [2.05, 4.69) is 5.32 Å². The Morgan fingerprint density at radius 1 is 0.913 bits per heavy atom. The first-order valence-corrected chi connectivity index (χ1v) is 8.85. The average Bonchev–Trinajstić information content (AvgIpc) is 2.59. The van der Waals surface area contributed by atoms with Gasteiger partial charge in [-0.1, -0.05) is 6.92 Å². The van der Waals surface area contributed by atoms with Gasteiger partial charge in [-0.2, -0.15) is 0 Å². The molecule has 0 spiro atoms. The van der Waals surface area contributed by atoms with Crippen molar-refractivity contribution in [2.24, 2.45) is 11.8 Å². The van der Waals surface area contributed by atoms with Gasteiger partial charge in [-0.3, -0.25) is 14.4 Å². The van der Waals surface area contributed by atoms with Crippen LogP contribution < -0.4 is 5.32 Å². The highest BCUT2D eigenvalue weighted by molar-refractivity contribution is 5.81. The second-order valence-electron chi connectivity index (χ2n) is 6.67. The van der Waals surface area contributed by atoms with E-state index in [1.54, 1.807) is 11.8 Å². The first kappa shape index (κ1) is 17.8. The van der Waals surface area contributed by atoms with Gasteiger partial charge in [0.25, 0.3) is 0 Å². The lowest BCUT2D eigenvalue weighted by atomic mass is 9.81. The SMILES string of the molecule is CCCNC(=O)C1CCC(C(=O)N2CCN(C(C)=O)CC2)CC1. The van der Waals surface area contributed by atoms with E-state index in [1.807, 2.05) is 11.8 Å². The maximum Gasteiger partial charge on any atom is 0.225 e. The van der Waals surface area contributed by atoms with Crippen LogP contribution in [0.4, 0.5) is 0 Å². The maximum absolute atomic E-state index is 12.6. The molecule has 0 aromatic rings. The van der Waals surface area contributed by atoms with Gasteiger partial charge < -0.3 is 15.1 Å². The van der Waals surface area contributed by atoms with E-state index in [0.29, 0.717) is 26.2 Å². The van der Waals surface area contributed by atoms with Crippen molar-refractivity contribution < 1.29 is 14.4 Å². The summed E-state index contributed by atoms with van der Waals surface area (Å²) in [5.74, 6) is 0.554. The molecule has 1 saturated carbocycles. The van der Waals surface area contributed by atoms with Crippen LogP contribution in [0.25, 0.3) is 0 Å². The van der Waals surface area contributed by atoms with Crippen LogP contribution in [-0.2, 0) is 14.4 Å². The smallest absolute Gasteiger partial charge is 0.225 e. The topological polar surface area (TPSA) is 69.7 Å². The zero-order valence-corrected chi connectivity index (χ0v) is 14.3. The monoisotopic (exact) mass is 323 g/mol. The Bertz CT molecular complexity index is 436. The van der Waals surface area contributed by atoms with Crippen LogP contribution in [0.15, 0.2) is 0 Å². The number of amides is 3. The van der Waals surface area contributed by atoms with Gasteiger partial charge in [0.2, 0.25) is 17.7 Å². The molecule has 0 atom stereocenters. The van der Waals surface area contributed by atoms with Gasteiger partial charge >= 0.3 is 0 Å². The normalized spacial score (nSPS) is 25.1. The molecule has 0 aromatic heterocycles. The molecule has 130 valence electrons. The quantitative estimate of drug-likeness (QED) is 0.839. The Kier molecular flexibility index (Phi) is 6.42. The average molecular weight is 323 g/mol. The van der Waals surface area contributed by atoms with Crippen molar-refractivity contribution in [3.63, 3.8) is 0 Å². The van der Waals surface area contributed by atoms with Crippen molar-refractivity contribution in [2.75, 3.05) is 32.7 Å². The minimum atomic E-state index is 0.0501. The Labute approximate surface area is 138 Å². The van der Waals surface area contributed by atoms with Crippen LogP contribution in [0.2, 0.25) is 0 Å². The van der Waals surface area contributed by atoms with E-state index in [0.717, 1.165) is 38.6 Å². The molecule has 0 aromatic carbocycles. The van der Waals surface area contributed by atoms with E-state index < -0.39 is 0 Å². The fourth-order valence-electron chi connectivity index (χ4n) is 3.50. The van der Waals surface area contributed by atoms with Crippen LogP contribution in [0.3, 0.4) is 0 Å².